The molecule has 1 fully saturated rings. The predicted molar refractivity (Wildman–Crippen MR) is 44.4 cm³/mol. The van der Waals surface area contributed by atoms with Crippen molar-refractivity contribution in [2.24, 2.45) is 5.41 Å². The molecule has 0 aliphatic carbocycles. The molecule has 0 saturated carbocycles. The monoisotopic (exact) mass is 187 g/mol. The van der Waals surface area contributed by atoms with Crippen molar-refractivity contribution in [1.82, 2.24) is 4.90 Å². The standard InChI is InChI=1S/C8H13NO4/c1-9-4-2-8(3-5-9,6(10)11)7(12)13/h2-5H2,1H3,(H,10,11)(H,12,13). The fourth-order valence-electron chi connectivity index (χ4n) is 1.52. The summed E-state index contributed by atoms with van der Waals surface area (Å²) in [6.45, 7) is 1.05. The molecule has 5 heteroatoms. The molecule has 0 atom stereocenters. The zero-order valence-electron chi connectivity index (χ0n) is 7.49. The zero-order valence-corrected chi connectivity index (χ0v) is 7.49. The Bertz CT molecular complexity index is 214. The molecule has 0 spiro atoms. The van der Waals surface area contributed by atoms with Crippen LogP contribution in [0.3, 0.4) is 0 Å². The van der Waals surface area contributed by atoms with Crippen LogP contribution in [0, 0.1) is 5.41 Å². The van der Waals surface area contributed by atoms with Crippen LogP contribution in [0.25, 0.3) is 0 Å². The highest BCUT2D eigenvalue weighted by atomic mass is 16.4. The van der Waals surface area contributed by atoms with Gasteiger partial charge in [-0.2, -0.15) is 0 Å². The molecular weight excluding hydrogens is 174 g/mol. The highest BCUT2D eigenvalue weighted by Crippen LogP contribution is 2.31. The van der Waals surface area contributed by atoms with Crippen molar-refractivity contribution in [1.29, 1.82) is 0 Å². The van der Waals surface area contributed by atoms with Crippen molar-refractivity contribution in [3.8, 4) is 0 Å². The first kappa shape index (κ1) is 9.98. The summed E-state index contributed by atoms with van der Waals surface area (Å²) in [7, 11) is 1.85. The van der Waals surface area contributed by atoms with Crippen LogP contribution >= 0.6 is 0 Å². The van der Waals surface area contributed by atoms with Gasteiger partial charge in [0.1, 0.15) is 0 Å². The van der Waals surface area contributed by atoms with Crippen LogP contribution in [0.15, 0.2) is 0 Å². The number of rotatable bonds is 2. The molecule has 1 rings (SSSR count). The Morgan fingerprint density at radius 3 is 1.85 bits per heavy atom. The molecular formula is C8H13NO4. The highest BCUT2D eigenvalue weighted by Gasteiger charge is 2.47. The Morgan fingerprint density at radius 2 is 1.54 bits per heavy atom. The lowest BCUT2D eigenvalue weighted by Crippen LogP contribution is -2.47. The van der Waals surface area contributed by atoms with Gasteiger partial charge in [-0.3, -0.25) is 9.59 Å². The smallest absolute Gasteiger partial charge is 0.321 e. The first-order chi connectivity index (χ1) is 5.99. The van der Waals surface area contributed by atoms with Gasteiger partial charge >= 0.3 is 11.9 Å². The quantitative estimate of drug-likeness (QED) is 0.589. The van der Waals surface area contributed by atoms with Gasteiger partial charge in [0.2, 0.25) is 0 Å². The van der Waals surface area contributed by atoms with E-state index < -0.39 is 17.4 Å². The van der Waals surface area contributed by atoms with Crippen molar-refractivity contribution in [2.75, 3.05) is 20.1 Å². The number of likely N-dealkylation sites (tertiary alicyclic amines) is 1. The molecule has 74 valence electrons. The Labute approximate surface area is 76.0 Å². The normalized spacial score (nSPS) is 22.5. The minimum absolute atomic E-state index is 0.189. The fraction of sp³-hybridized carbons (Fsp3) is 0.750. The van der Waals surface area contributed by atoms with Gasteiger partial charge < -0.3 is 15.1 Å². The third kappa shape index (κ3) is 1.65. The van der Waals surface area contributed by atoms with Crippen LogP contribution < -0.4 is 0 Å². The van der Waals surface area contributed by atoms with Gasteiger partial charge in [-0.15, -0.1) is 0 Å². The molecule has 1 aliphatic rings. The average molecular weight is 187 g/mol. The number of carboxylic acids is 2. The second-order valence-electron chi connectivity index (χ2n) is 3.50. The molecule has 13 heavy (non-hydrogen) atoms. The molecule has 0 radical (unpaired) electrons. The van der Waals surface area contributed by atoms with E-state index in [4.69, 9.17) is 10.2 Å². The lowest BCUT2D eigenvalue weighted by Gasteiger charge is -2.33. The molecule has 1 saturated heterocycles. The number of nitrogens with zero attached hydrogens (tertiary/aromatic N) is 1. The first-order valence-electron chi connectivity index (χ1n) is 4.14. The van der Waals surface area contributed by atoms with E-state index in [0.717, 1.165) is 0 Å². The van der Waals surface area contributed by atoms with Crippen molar-refractivity contribution in [2.45, 2.75) is 12.8 Å². The number of carboxylic acid groups (broad SMARTS) is 2. The third-order valence-corrected chi connectivity index (χ3v) is 2.66. The summed E-state index contributed by atoms with van der Waals surface area (Å²) in [6, 6.07) is 0. The Balaban J connectivity index is 2.82. The minimum atomic E-state index is -1.55. The van der Waals surface area contributed by atoms with E-state index >= 15 is 0 Å². The minimum Gasteiger partial charge on any atom is -0.480 e. The van der Waals surface area contributed by atoms with Gasteiger partial charge in [0, 0.05) is 0 Å². The van der Waals surface area contributed by atoms with Crippen LogP contribution in [0.2, 0.25) is 0 Å². The number of aliphatic carboxylic acids is 2. The van der Waals surface area contributed by atoms with Crippen molar-refractivity contribution < 1.29 is 19.8 Å². The van der Waals surface area contributed by atoms with E-state index in [-0.39, 0.29) is 12.8 Å². The van der Waals surface area contributed by atoms with Crippen LogP contribution in [-0.4, -0.2) is 47.2 Å². The number of hydrogen-bond acceptors (Lipinski definition) is 3. The Hall–Kier alpha value is -1.10. The molecule has 5 nitrogen and oxygen atoms in total. The summed E-state index contributed by atoms with van der Waals surface area (Å²) in [6.07, 6.45) is 0.377. The molecule has 0 unspecified atom stereocenters. The Kier molecular flexibility index (Phi) is 2.56. The maximum Gasteiger partial charge on any atom is 0.321 e. The van der Waals surface area contributed by atoms with Gasteiger partial charge in [-0.25, -0.2) is 0 Å². The van der Waals surface area contributed by atoms with Crippen molar-refractivity contribution in [3.05, 3.63) is 0 Å². The van der Waals surface area contributed by atoms with Crippen molar-refractivity contribution in [3.63, 3.8) is 0 Å². The first-order valence-corrected chi connectivity index (χ1v) is 4.14. The van der Waals surface area contributed by atoms with Crippen molar-refractivity contribution >= 4 is 11.9 Å². The van der Waals surface area contributed by atoms with Gasteiger partial charge in [0.25, 0.3) is 0 Å². The predicted octanol–water partition coefficient (Wildman–Crippen LogP) is -0.132. The number of carbonyl (C=O) groups is 2. The molecule has 0 aromatic carbocycles. The lowest BCUT2D eigenvalue weighted by molar-refractivity contribution is -0.168. The zero-order chi connectivity index (χ0) is 10.1. The van der Waals surface area contributed by atoms with E-state index in [1.165, 1.54) is 0 Å². The second-order valence-corrected chi connectivity index (χ2v) is 3.50. The summed E-state index contributed by atoms with van der Waals surface area (Å²) in [5.41, 5.74) is -1.55. The Morgan fingerprint density at radius 1 is 1.15 bits per heavy atom. The van der Waals surface area contributed by atoms with Gasteiger partial charge in [-0.05, 0) is 33.0 Å². The van der Waals surface area contributed by atoms with Gasteiger partial charge in [-0.1, -0.05) is 0 Å². The molecule has 1 heterocycles. The van der Waals surface area contributed by atoms with Gasteiger partial charge in [0.15, 0.2) is 5.41 Å². The fourth-order valence-corrected chi connectivity index (χ4v) is 1.52. The van der Waals surface area contributed by atoms with Crippen LogP contribution in [0.5, 0.6) is 0 Å². The maximum absolute atomic E-state index is 10.8. The lowest BCUT2D eigenvalue weighted by atomic mass is 9.78. The summed E-state index contributed by atoms with van der Waals surface area (Å²) in [4.78, 5) is 23.6. The second kappa shape index (κ2) is 3.33. The van der Waals surface area contributed by atoms with Crippen LogP contribution in [0.4, 0.5) is 0 Å². The molecule has 0 bridgehead atoms. The SMILES string of the molecule is CN1CCC(C(=O)O)(C(=O)O)CC1. The highest BCUT2D eigenvalue weighted by molar-refractivity contribution is 5.98. The summed E-state index contributed by atoms with van der Waals surface area (Å²) in [5.74, 6) is -2.43. The average Bonchev–Trinajstić information content (AvgIpc) is 2.04. The maximum atomic E-state index is 10.8. The summed E-state index contributed by atoms with van der Waals surface area (Å²) < 4.78 is 0. The van der Waals surface area contributed by atoms with Crippen LogP contribution in [0.1, 0.15) is 12.8 Å². The van der Waals surface area contributed by atoms with Gasteiger partial charge in [0.05, 0.1) is 0 Å². The molecule has 0 aromatic rings. The summed E-state index contributed by atoms with van der Waals surface area (Å²) in [5, 5.41) is 17.7. The topological polar surface area (TPSA) is 77.8 Å². The van der Waals surface area contributed by atoms with E-state index in [1.54, 1.807) is 0 Å². The third-order valence-electron chi connectivity index (χ3n) is 2.66. The van der Waals surface area contributed by atoms with E-state index in [9.17, 15) is 9.59 Å². The molecule has 2 N–H and O–H groups in total. The largest absolute Gasteiger partial charge is 0.480 e. The molecule has 1 aliphatic heterocycles. The molecule has 0 amide bonds. The van der Waals surface area contributed by atoms with E-state index in [2.05, 4.69) is 0 Å². The van der Waals surface area contributed by atoms with E-state index in [1.807, 2.05) is 11.9 Å². The number of piperidine rings is 1. The molecule has 0 aromatic heterocycles. The van der Waals surface area contributed by atoms with E-state index in [0.29, 0.717) is 13.1 Å². The van der Waals surface area contributed by atoms with Crippen LogP contribution in [-0.2, 0) is 9.59 Å². The number of hydrogen-bond donors (Lipinski definition) is 2. The summed E-state index contributed by atoms with van der Waals surface area (Å²) >= 11 is 0.